The molecule has 0 unspecified atom stereocenters. The first kappa shape index (κ1) is 13.8. The van der Waals surface area contributed by atoms with Crippen molar-refractivity contribution in [1.82, 2.24) is 9.88 Å². The van der Waals surface area contributed by atoms with Gasteiger partial charge < -0.3 is 16.0 Å². The van der Waals surface area contributed by atoms with Crippen molar-refractivity contribution >= 4 is 11.8 Å². The summed E-state index contributed by atoms with van der Waals surface area (Å²) in [6.07, 6.45) is 6.68. The predicted molar refractivity (Wildman–Crippen MR) is 79.2 cm³/mol. The third-order valence-corrected chi connectivity index (χ3v) is 3.95. The van der Waals surface area contributed by atoms with Crippen LogP contribution in [0.1, 0.15) is 25.7 Å². The number of hydrogen-bond donors (Lipinski definition) is 2. The number of rotatable bonds is 4. The number of aromatic nitrogens is 1. The molecule has 0 aromatic carbocycles. The van der Waals surface area contributed by atoms with Crippen LogP contribution in [0.3, 0.4) is 0 Å². The van der Waals surface area contributed by atoms with Gasteiger partial charge in [-0.3, -0.25) is 4.99 Å². The van der Waals surface area contributed by atoms with Crippen LogP contribution in [-0.2, 0) is 0 Å². The van der Waals surface area contributed by atoms with Gasteiger partial charge in [-0.05, 0) is 39.1 Å². The number of likely N-dealkylation sites (N-methyl/N-ethyl adjacent to an activating group) is 1. The quantitative estimate of drug-likeness (QED) is 0.639. The summed E-state index contributed by atoms with van der Waals surface area (Å²) in [6, 6.07) is 5.67. The van der Waals surface area contributed by atoms with Crippen molar-refractivity contribution < 1.29 is 0 Å². The minimum atomic E-state index is 0.177. The zero-order chi connectivity index (χ0) is 13.7. The van der Waals surface area contributed by atoms with Crippen molar-refractivity contribution in [3.05, 3.63) is 24.4 Å². The van der Waals surface area contributed by atoms with E-state index in [2.05, 4.69) is 34.3 Å². The molecule has 1 aromatic heterocycles. The second-order valence-electron chi connectivity index (χ2n) is 5.37. The second-order valence-corrected chi connectivity index (χ2v) is 5.37. The highest BCUT2D eigenvalue weighted by Gasteiger charge is 2.35. The van der Waals surface area contributed by atoms with Gasteiger partial charge in [0.15, 0.2) is 5.96 Å². The molecule has 0 bridgehead atoms. The Hall–Kier alpha value is -1.62. The van der Waals surface area contributed by atoms with E-state index in [4.69, 9.17) is 5.73 Å². The minimum absolute atomic E-state index is 0.177. The first-order valence-electron chi connectivity index (χ1n) is 6.78. The van der Waals surface area contributed by atoms with E-state index in [0.717, 1.165) is 12.4 Å². The molecule has 5 heteroatoms. The number of pyridine rings is 1. The molecule has 5 nitrogen and oxygen atoms in total. The largest absolute Gasteiger partial charge is 0.370 e. The van der Waals surface area contributed by atoms with Crippen molar-refractivity contribution in [2.75, 3.05) is 26.0 Å². The fraction of sp³-hybridized carbons (Fsp3) is 0.571. The van der Waals surface area contributed by atoms with Gasteiger partial charge in [-0.15, -0.1) is 0 Å². The molecule has 19 heavy (non-hydrogen) atoms. The maximum atomic E-state index is 5.92. The Morgan fingerprint density at radius 1 is 1.42 bits per heavy atom. The fourth-order valence-corrected chi connectivity index (χ4v) is 2.62. The summed E-state index contributed by atoms with van der Waals surface area (Å²) in [5.41, 5.74) is 6.10. The molecular formula is C14H23N5. The second kappa shape index (κ2) is 6.02. The number of anilines is 1. The lowest BCUT2D eigenvalue weighted by Gasteiger charge is -2.34. The van der Waals surface area contributed by atoms with Crippen molar-refractivity contribution in [3.8, 4) is 0 Å². The van der Waals surface area contributed by atoms with Gasteiger partial charge in [0, 0.05) is 11.7 Å². The molecule has 1 heterocycles. The lowest BCUT2D eigenvalue weighted by atomic mass is 9.96. The lowest BCUT2D eigenvalue weighted by molar-refractivity contribution is 0.167. The van der Waals surface area contributed by atoms with Crippen LogP contribution in [0.4, 0.5) is 5.82 Å². The van der Waals surface area contributed by atoms with Crippen LogP contribution in [0.5, 0.6) is 0 Å². The Balaban J connectivity index is 1.97. The normalized spacial score (nSPS) is 18.8. The van der Waals surface area contributed by atoms with Crippen LogP contribution < -0.4 is 11.1 Å². The van der Waals surface area contributed by atoms with Crippen LogP contribution in [0, 0.1) is 0 Å². The maximum absolute atomic E-state index is 5.92. The topological polar surface area (TPSA) is 66.5 Å². The number of hydrogen-bond acceptors (Lipinski definition) is 3. The highest BCUT2D eigenvalue weighted by molar-refractivity contribution is 5.91. The van der Waals surface area contributed by atoms with E-state index in [1.54, 1.807) is 6.20 Å². The molecule has 0 radical (unpaired) electrons. The molecular weight excluding hydrogens is 238 g/mol. The Morgan fingerprint density at radius 2 is 2.16 bits per heavy atom. The Labute approximate surface area is 114 Å². The van der Waals surface area contributed by atoms with E-state index in [0.29, 0.717) is 5.96 Å². The number of guanidine groups is 1. The summed E-state index contributed by atoms with van der Waals surface area (Å²) < 4.78 is 0. The molecule has 0 aliphatic heterocycles. The number of nitrogens with two attached hydrogens (primary N) is 1. The Bertz CT molecular complexity index is 421. The molecule has 1 aromatic rings. The van der Waals surface area contributed by atoms with Gasteiger partial charge in [0.05, 0.1) is 6.54 Å². The average molecular weight is 261 g/mol. The van der Waals surface area contributed by atoms with Gasteiger partial charge in [-0.1, -0.05) is 18.9 Å². The summed E-state index contributed by atoms with van der Waals surface area (Å²) in [5.74, 6) is 1.17. The van der Waals surface area contributed by atoms with Crippen molar-refractivity contribution in [2.24, 2.45) is 10.7 Å². The van der Waals surface area contributed by atoms with Gasteiger partial charge in [-0.2, -0.15) is 0 Å². The van der Waals surface area contributed by atoms with E-state index in [9.17, 15) is 0 Å². The van der Waals surface area contributed by atoms with Crippen molar-refractivity contribution in [2.45, 2.75) is 31.2 Å². The van der Waals surface area contributed by atoms with Crippen LogP contribution in [0.2, 0.25) is 0 Å². The van der Waals surface area contributed by atoms with Gasteiger partial charge in [0.25, 0.3) is 0 Å². The molecule has 1 saturated carbocycles. The standard InChI is InChI=1S/C14H23N5/c1-19(2)14(8-4-5-9-14)11-17-13(15)18-12-7-3-6-10-16-12/h3,6-7,10H,4-5,8-9,11H2,1-2H3,(H3,15,16,17,18). The smallest absolute Gasteiger partial charge is 0.194 e. The fourth-order valence-electron chi connectivity index (χ4n) is 2.62. The summed E-state index contributed by atoms with van der Waals surface area (Å²) in [6.45, 7) is 0.742. The first-order chi connectivity index (χ1) is 9.12. The van der Waals surface area contributed by atoms with Crippen LogP contribution in [-0.4, -0.2) is 42.0 Å². The molecule has 1 aliphatic carbocycles. The van der Waals surface area contributed by atoms with Gasteiger partial charge in [0.2, 0.25) is 0 Å². The van der Waals surface area contributed by atoms with Crippen molar-refractivity contribution in [1.29, 1.82) is 0 Å². The maximum Gasteiger partial charge on any atom is 0.194 e. The van der Waals surface area contributed by atoms with Gasteiger partial charge in [-0.25, -0.2) is 4.98 Å². The molecule has 2 rings (SSSR count). The number of aliphatic imine (C=N–C) groups is 1. The third-order valence-electron chi connectivity index (χ3n) is 3.95. The lowest BCUT2D eigenvalue weighted by Crippen LogP contribution is -2.45. The predicted octanol–water partition coefficient (Wildman–Crippen LogP) is 1.68. The van der Waals surface area contributed by atoms with E-state index >= 15 is 0 Å². The molecule has 0 amide bonds. The average Bonchev–Trinajstić information content (AvgIpc) is 2.88. The van der Waals surface area contributed by atoms with E-state index in [1.807, 2.05) is 18.2 Å². The first-order valence-corrected chi connectivity index (χ1v) is 6.78. The highest BCUT2D eigenvalue weighted by atomic mass is 15.2. The highest BCUT2D eigenvalue weighted by Crippen LogP contribution is 2.33. The van der Waals surface area contributed by atoms with Crippen LogP contribution >= 0.6 is 0 Å². The van der Waals surface area contributed by atoms with Crippen LogP contribution in [0.25, 0.3) is 0 Å². The zero-order valence-electron chi connectivity index (χ0n) is 11.8. The van der Waals surface area contributed by atoms with E-state index < -0.39 is 0 Å². The third kappa shape index (κ3) is 3.44. The summed E-state index contributed by atoms with van der Waals surface area (Å²) >= 11 is 0. The van der Waals surface area contributed by atoms with Crippen LogP contribution in [0.15, 0.2) is 29.4 Å². The summed E-state index contributed by atoms with van der Waals surface area (Å²) in [4.78, 5) is 11.0. The molecule has 104 valence electrons. The van der Waals surface area contributed by atoms with Gasteiger partial charge >= 0.3 is 0 Å². The van der Waals surface area contributed by atoms with E-state index in [1.165, 1.54) is 25.7 Å². The molecule has 3 N–H and O–H groups in total. The summed E-state index contributed by atoms with van der Waals surface area (Å²) in [5, 5.41) is 3.02. The van der Waals surface area contributed by atoms with Crippen molar-refractivity contribution in [3.63, 3.8) is 0 Å². The Morgan fingerprint density at radius 3 is 2.74 bits per heavy atom. The SMILES string of the molecule is CN(C)C1(CN=C(N)Nc2ccccn2)CCCC1. The molecule has 1 aliphatic rings. The van der Waals surface area contributed by atoms with E-state index in [-0.39, 0.29) is 5.54 Å². The summed E-state index contributed by atoms with van der Waals surface area (Å²) in [7, 11) is 4.26. The molecule has 0 atom stereocenters. The zero-order valence-corrected chi connectivity index (χ0v) is 11.8. The van der Waals surface area contributed by atoms with Gasteiger partial charge in [0.1, 0.15) is 5.82 Å². The molecule has 0 saturated heterocycles. The number of nitrogens with one attached hydrogen (secondary N) is 1. The monoisotopic (exact) mass is 261 g/mol. The Kier molecular flexibility index (Phi) is 4.37. The number of nitrogens with zero attached hydrogens (tertiary/aromatic N) is 3. The molecule has 1 fully saturated rings. The molecule has 0 spiro atoms. The minimum Gasteiger partial charge on any atom is -0.370 e.